The van der Waals surface area contributed by atoms with Gasteiger partial charge in [-0.25, -0.2) is 0 Å². The van der Waals surface area contributed by atoms with Crippen molar-refractivity contribution in [1.29, 1.82) is 0 Å². The third kappa shape index (κ3) is 2.45. The summed E-state index contributed by atoms with van der Waals surface area (Å²) in [6.45, 7) is 2.45. The molecule has 1 aromatic rings. The van der Waals surface area contributed by atoms with Crippen LogP contribution in [0.25, 0.3) is 0 Å². The average Bonchev–Trinajstić information content (AvgIpc) is 2.72. The summed E-state index contributed by atoms with van der Waals surface area (Å²) in [6.07, 6.45) is 4.32. The van der Waals surface area contributed by atoms with E-state index in [1.807, 2.05) is 0 Å². The second-order valence-corrected chi connectivity index (χ2v) is 4.57. The summed E-state index contributed by atoms with van der Waals surface area (Å²) in [7, 11) is 0. The zero-order valence-corrected chi connectivity index (χ0v) is 9.95. The van der Waals surface area contributed by atoms with Crippen LogP contribution in [0.15, 0.2) is 24.3 Å². The van der Waals surface area contributed by atoms with Crippen molar-refractivity contribution in [1.82, 2.24) is 5.32 Å². The maximum Gasteiger partial charge on any atom is 0.0445 e. The van der Waals surface area contributed by atoms with Crippen LogP contribution in [0, 0.1) is 0 Å². The van der Waals surface area contributed by atoms with Gasteiger partial charge < -0.3 is 10.4 Å². The summed E-state index contributed by atoms with van der Waals surface area (Å²) in [5.74, 6) is 0. The van der Waals surface area contributed by atoms with Crippen molar-refractivity contribution in [2.24, 2.45) is 0 Å². The Kier molecular flexibility index (Phi) is 3.97. The molecule has 2 atom stereocenters. The zero-order chi connectivity index (χ0) is 11.4. The fourth-order valence-electron chi connectivity index (χ4n) is 2.58. The molecule has 2 N–H and O–H groups in total. The van der Waals surface area contributed by atoms with Gasteiger partial charge in [0, 0.05) is 18.7 Å². The van der Waals surface area contributed by atoms with E-state index < -0.39 is 0 Å². The van der Waals surface area contributed by atoms with Crippen LogP contribution < -0.4 is 5.32 Å². The van der Waals surface area contributed by atoms with E-state index in [0.717, 1.165) is 12.8 Å². The van der Waals surface area contributed by atoms with E-state index in [9.17, 15) is 0 Å². The molecule has 2 unspecified atom stereocenters. The Morgan fingerprint density at radius 2 is 2.25 bits per heavy atom. The SMILES string of the molecule is CCC(CCO)NC1CCc2ccccc21. The minimum atomic E-state index is 0.278. The Labute approximate surface area is 97.7 Å². The molecule has 1 aliphatic carbocycles. The summed E-state index contributed by atoms with van der Waals surface area (Å²) in [4.78, 5) is 0. The van der Waals surface area contributed by atoms with E-state index in [4.69, 9.17) is 5.11 Å². The Bertz CT molecular complexity index is 337. The highest BCUT2D eigenvalue weighted by Gasteiger charge is 2.23. The van der Waals surface area contributed by atoms with E-state index in [0.29, 0.717) is 12.1 Å². The standard InChI is InChI=1S/C14H21NO/c1-2-12(9-10-16)15-14-8-7-11-5-3-4-6-13(11)14/h3-6,12,14-16H,2,7-10H2,1H3. The van der Waals surface area contributed by atoms with Crippen LogP contribution in [-0.2, 0) is 6.42 Å². The number of rotatable bonds is 5. The Balaban J connectivity index is 2.02. The van der Waals surface area contributed by atoms with Gasteiger partial charge in [0.2, 0.25) is 0 Å². The number of benzene rings is 1. The molecule has 0 saturated heterocycles. The highest BCUT2D eigenvalue weighted by molar-refractivity contribution is 5.34. The maximum atomic E-state index is 9.00. The fourth-order valence-corrected chi connectivity index (χ4v) is 2.58. The van der Waals surface area contributed by atoms with Gasteiger partial charge in [-0.1, -0.05) is 31.2 Å². The summed E-state index contributed by atoms with van der Waals surface area (Å²) in [6, 6.07) is 9.63. The van der Waals surface area contributed by atoms with E-state index in [1.54, 1.807) is 0 Å². The van der Waals surface area contributed by atoms with Crippen molar-refractivity contribution < 1.29 is 5.11 Å². The second-order valence-electron chi connectivity index (χ2n) is 4.57. The summed E-state index contributed by atoms with van der Waals surface area (Å²) in [5.41, 5.74) is 2.94. The normalized spacial score (nSPS) is 20.8. The molecule has 2 heteroatoms. The van der Waals surface area contributed by atoms with Crippen molar-refractivity contribution >= 4 is 0 Å². The first-order chi connectivity index (χ1) is 7.85. The van der Waals surface area contributed by atoms with Crippen molar-refractivity contribution in [3.8, 4) is 0 Å². The number of hydrogen-bond acceptors (Lipinski definition) is 2. The van der Waals surface area contributed by atoms with Crippen LogP contribution in [0.1, 0.15) is 43.4 Å². The number of hydrogen-bond donors (Lipinski definition) is 2. The van der Waals surface area contributed by atoms with E-state index in [1.165, 1.54) is 24.0 Å². The van der Waals surface area contributed by atoms with E-state index in [2.05, 4.69) is 36.5 Å². The fraction of sp³-hybridized carbons (Fsp3) is 0.571. The van der Waals surface area contributed by atoms with Crippen molar-refractivity contribution in [2.75, 3.05) is 6.61 Å². The van der Waals surface area contributed by atoms with Gasteiger partial charge >= 0.3 is 0 Å². The first-order valence-electron chi connectivity index (χ1n) is 6.30. The smallest absolute Gasteiger partial charge is 0.0445 e. The van der Waals surface area contributed by atoms with Crippen LogP contribution in [0.2, 0.25) is 0 Å². The summed E-state index contributed by atoms with van der Waals surface area (Å²) >= 11 is 0. The maximum absolute atomic E-state index is 9.00. The predicted molar refractivity (Wildman–Crippen MR) is 66.4 cm³/mol. The lowest BCUT2D eigenvalue weighted by Crippen LogP contribution is -2.32. The molecular weight excluding hydrogens is 198 g/mol. The molecule has 2 rings (SSSR count). The van der Waals surface area contributed by atoms with E-state index in [-0.39, 0.29) is 6.61 Å². The van der Waals surface area contributed by atoms with Gasteiger partial charge in [0.1, 0.15) is 0 Å². The van der Waals surface area contributed by atoms with Crippen molar-refractivity contribution in [3.63, 3.8) is 0 Å². The van der Waals surface area contributed by atoms with Gasteiger partial charge in [-0.05, 0) is 36.8 Å². The Morgan fingerprint density at radius 1 is 1.44 bits per heavy atom. The molecule has 16 heavy (non-hydrogen) atoms. The quantitative estimate of drug-likeness (QED) is 0.797. The number of fused-ring (bicyclic) bond motifs is 1. The number of aliphatic hydroxyl groups is 1. The van der Waals surface area contributed by atoms with Gasteiger partial charge in [0.25, 0.3) is 0 Å². The van der Waals surface area contributed by atoms with Gasteiger partial charge in [-0.3, -0.25) is 0 Å². The molecule has 0 amide bonds. The molecule has 1 aliphatic rings. The van der Waals surface area contributed by atoms with Gasteiger partial charge in [-0.15, -0.1) is 0 Å². The van der Waals surface area contributed by atoms with Crippen LogP contribution in [0.4, 0.5) is 0 Å². The molecular formula is C14H21NO. The van der Waals surface area contributed by atoms with Gasteiger partial charge in [0.15, 0.2) is 0 Å². The van der Waals surface area contributed by atoms with Crippen LogP contribution in [0.5, 0.6) is 0 Å². The third-order valence-corrected chi connectivity index (χ3v) is 3.54. The molecule has 0 radical (unpaired) electrons. The lowest BCUT2D eigenvalue weighted by Gasteiger charge is -2.22. The number of nitrogens with one attached hydrogen (secondary N) is 1. The molecule has 0 aliphatic heterocycles. The minimum absolute atomic E-state index is 0.278. The van der Waals surface area contributed by atoms with Gasteiger partial charge in [0.05, 0.1) is 0 Å². The second kappa shape index (κ2) is 5.46. The zero-order valence-electron chi connectivity index (χ0n) is 9.95. The average molecular weight is 219 g/mol. The highest BCUT2D eigenvalue weighted by Crippen LogP contribution is 2.31. The lowest BCUT2D eigenvalue weighted by molar-refractivity contribution is 0.255. The molecule has 0 saturated carbocycles. The van der Waals surface area contributed by atoms with Crippen molar-refractivity contribution in [2.45, 2.75) is 44.7 Å². The molecule has 0 spiro atoms. The molecule has 0 heterocycles. The first-order valence-corrected chi connectivity index (χ1v) is 6.30. The lowest BCUT2D eigenvalue weighted by atomic mass is 10.1. The summed E-state index contributed by atoms with van der Waals surface area (Å²) < 4.78 is 0. The topological polar surface area (TPSA) is 32.3 Å². The molecule has 88 valence electrons. The monoisotopic (exact) mass is 219 g/mol. The van der Waals surface area contributed by atoms with Crippen LogP contribution >= 0.6 is 0 Å². The molecule has 2 nitrogen and oxygen atoms in total. The Morgan fingerprint density at radius 3 is 3.00 bits per heavy atom. The van der Waals surface area contributed by atoms with Crippen LogP contribution in [-0.4, -0.2) is 17.8 Å². The minimum Gasteiger partial charge on any atom is -0.396 e. The number of aryl methyl sites for hydroxylation is 1. The number of aliphatic hydroxyl groups excluding tert-OH is 1. The molecule has 0 aromatic heterocycles. The predicted octanol–water partition coefficient (Wildman–Crippen LogP) is 2.42. The third-order valence-electron chi connectivity index (χ3n) is 3.54. The highest BCUT2D eigenvalue weighted by atomic mass is 16.3. The van der Waals surface area contributed by atoms with E-state index >= 15 is 0 Å². The van der Waals surface area contributed by atoms with Crippen molar-refractivity contribution in [3.05, 3.63) is 35.4 Å². The van der Waals surface area contributed by atoms with Crippen LogP contribution in [0.3, 0.4) is 0 Å². The molecule has 0 fully saturated rings. The summed E-state index contributed by atoms with van der Waals surface area (Å²) in [5, 5.41) is 12.7. The molecule has 1 aromatic carbocycles. The largest absolute Gasteiger partial charge is 0.396 e. The van der Waals surface area contributed by atoms with Gasteiger partial charge in [-0.2, -0.15) is 0 Å². The molecule has 0 bridgehead atoms. The Hall–Kier alpha value is -0.860. The first kappa shape index (κ1) is 11.6.